The zero-order chi connectivity index (χ0) is 12.1. The summed E-state index contributed by atoms with van der Waals surface area (Å²) in [6, 6.07) is -0.387. The molecule has 7 heteroatoms. The number of rotatable bonds is 7. The van der Waals surface area contributed by atoms with Crippen LogP contribution in [0, 0.1) is 0 Å². The maximum absolute atomic E-state index is 11.5. The lowest BCUT2D eigenvalue weighted by Gasteiger charge is -2.17. The van der Waals surface area contributed by atoms with Crippen molar-refractivity contribution in [3.8, 4) is 0 Å². The van der Waals surface area contributed by atoms with E-state index < -0.39 is 21.2 Å². The van der Waals surface area contributed by atoms with Crippen molar-refractivity contribution in [1.82, 2.24) is 4.72 Å². The van der Waals surface area contributed by atoms with Crippen LogP contribution in [0.4, 0.5) is 0 Å². The molecule has 0 aliphatic carbocycles. The van der Waals surface area contributed by atoms with E-state index in [1.807, 2.05) is 6.92 Å². The lowest BCUT2D eigenvalue weighted by atomic mass is 10.2. The predicted molar refractivity (Wildman–Crippen MR) is 56.9 cm³/mol. The van der Waals surface area contributed by atoms with Gasteiger partial charge in [-0.15, -0.1) is 0 Å². The van der Waals surface area contributed by atoms with Gasteiger partial charge in [0.05, 0.1) is 0 Å². The number of hydrogen-bond acceptors (Lipinski definition) is 4. The Morgan fingerprint density at radius 1 is 1.53 bits per heavy atom. The molecule has 4 N–H and O–H groups in total. The lowest BCUT2D eigenvalue weighted by Crippen LogP contribution is -2.45. The van der Waals surface area contributed by atoms with E-state index in [0.29, 0.717) is 6.42 Å². The van der Waals surface area contributed by atoms with Gasteiger partial charge in [0, 0.05) is 12.6 Å². The fourth-order valence-electron chi connectivity index (χ4n) is 1.04. The summed E-state index contributed by atoms with van der Waals surface area (Å²) in [7, 11) is -3.82. The average molecular weight is 238 g/mol. The first-order valence-electron chi connectivity index (χ1n) is 4.79. The van der Waals surface area contributed by atoms with E-state index in [2.05, 4.69) is 4.72 Å². The van der Waals surface area contributed by atoms with Crippen LogP contribution in [0.1, 0.15) is 26.7 Å². The van der Waals surface area contributed by atoms with Crippen LogP contribution in [0.5, 0.6) is 0 Å². The summed E-state index contributed by atoms with van der Waals surface area (Å²) < 4.78 is 25.2. The van der Waals surface area contributed by atoms with E-state index >= 15 is 0 Å². The Kier molecular flexibility index (Phi) is 5.77. The van der Waals surface area contributed by atoms with Gasteiger partial charge in [-0.1, -0.05) is 13.3 Å². The number of aliphatic carboxylic acids is 1. The van der Waals surface area contributed by atoms with E-state index in [-0.39, 0.29) is 12.6 Å². The van der Waals surface area contributed by atoms with E-state index in [1.54, 1.807) is 0 Å². The van der Waals surface area contributed by atoms with Gasteiger partial charge in [0.15, 0.2) is 5.25 Å². The van der Waals surface area contributed by atoms with Crippen molar-refractivity contribution in [1.29, 1.82) is 0 Å². The van der Waals surface area contributed by atoms with Gasteiger partial charge in [-0.25, -0.2) is 13.1 Å². The number of nitrogens with one attached hydrogen (secondary N) is 1. The van der Waals surface area contributed by atoms with Gasteiger partial charge in [0.1, 0.15) is 0 Å². The van der Waals surface area contributed by atoms with Gasteiger partial charge in [-0.3, -0.25) is 4.79 Å². The highest BCUT2D eigenvalue weighted by Crippen LogP contribution is 2.03. The molecule has 0 radical (unpaired) electrons. The zero-order valence-electron chi connectivity index (χ0n) is 8.93. The molecular formula is C8H18N2O4S. The quantitative estimate of drug-likeness (QED) is 0.554. The summed E-state index contributed by atoms with van der Waals surface area (Å²) in [5.41, 5.74) is 5.37. The second-order valence-electron chi connectivity index (χ2n) is 3.36. The van der Waals surface area contributed by atoms with Crippen molar-refractivity contribution in [2.24, 2.45) is 5.73 Å². The van der Waals surface area contributed by atoms with Crippen LogP contribution in [0.3, 0.4) is 0 Å². The van der Waals surface area contributed by atoms with Crippen LogP contribution in [-0.2, 0) is 14.8 Å². The molecule has 90 valence electrons. The van der Waals surface area contributed by atoms with Crippen molar-refractivity contribution < 1.29 is 18.3 Å². The summed E-state index contributed by atoms with van der Waals surface area (Å²) >= 11 is 0. The first-order valence-corrected chi connectivity index (χ1v) is 6.33. The third kappa shape index (κ3) is 4.59. The molecule has 2 unspecified atom stereocenters. The number of hydrogen-bond donors (Lipinski definition) is 3. The Morgan fingerprint density at radius 3 is 2.40 bits per heavy atom. The van der Waals surface area contributed by atoms with Crippen LogP contribution in [0.2, 0.25) is 0 Å². The Labute approximate surface area is 89.9 Å². The van der Waals surface area contributed by atoms with Gasteiger partial charge in [0.25, 0.3) is 0 Å². The highest BCUT2D eigenvalue weighted by molar-refractivity contribution is 7.90. The number of sulfonamides is 1. The van der Waals surface area contributed by atoms with Crippen molar-refractivity contribution >= 4 is 16.0 Å². The summed E-state index contributed by atoms with van der Waals surface area (Å²) in [6.45, 7) is 3.20. The van der Waals surface area contributed by atoms with E-state index in [1.165, 1.54) is 0 Å². The zero-order valence-corrected chi connectivity index (χ0v) is 9.75. The molecule has 0 rings (SSSR count). The second kappa shape index (κ2) is 6.04. The van der Waals surface area contributed by atoms with E-state index in [4.69, 9.17) is 10.8 Å². The van der Waals surface area contributed by atoms with Crippen LogP contribution in [-0.4, -0.2) is 37.3 Å². The maximum Gasteiger partial charge on any atom is 0.323 e. The lowest BCUT2D eigenvalue weighted by molar-refractivity contribution is -0.136. The molecule has 0 aromatic rings. The molecule has 0 saturated heterocycles. The largest absolute Gasteiger partial charge is 0.480 e. The van der Waals surface area contributed by atoms with Gasteiger partial charge in [-0.2, -0.15) is 0 Å². The number of carbonyl (C=O) groups is 1. The summed E-state index contributed by atoms with van der Waals surface area (Å²) in [4.78, 5) is 10.5. The summed E-state index contributed by atoms with van der Waals surface area (Å²) in [5.74, 6) is -1.37. The number of nitrogens with two attached hydrogens (primary N) is 1. The van der Waals surface area contributed by atoms with Gasteiger partial charge < -0.3 is 10.8 Å². The number of carboxylic acids is 1. The van der Waals surface area contributed by atoms with Crippen molar-refractivity contribution in [2.45, 2.75) is 38.0 Å². The van der Waals surface area contributed by atoms with Crippen LogP contribution >= 0.6 is 0 Å². The van der Waals surface area contributed by atoms with Crippen LogP contribution in [0.25, 0.3) is 0 Å². The minimum absolute atomic E-state index is 0.166. The molecule has 0 aliphatic heterocycles. The highest BCUT2D eigenvalue weighted by atomic mass is 32.2. The average Bonchev–Trinajstić information content (AvgIpc) is 2.15. The van der Waals surface area contributed by atoms with E-state index in [0.717, 1.165) is 13.3 Å². The van der Waals surface area contributed by atoms with Crippen molar-refractivity contribution in [2.75, 3.05) is 6.54 Å². The third-order valence-electron chi connectivity index (χ3n) is 2.07. The van der Waals surface area contributed by atoms with Gasteiger partial charge in [0.2, 0.25) is 10.0 Å². The number of carboxylic acid groups (broad SMARTS) is 1. The molecule has 0 amide bonds. The van der Waals surface area contributed by atoms with Crippen LogP contribution < -0.4 is 10.5 Å². The topological polar surface area (TPSA) is 109 Å². The van der Waals surface area contributed by atoms with Gasteiger partial charge in [-0.05, 0) is 13.3 Å². The molecule has 0 aromatic heterocycles. The molecule has 6 nitrogen and oxygen atoms in total. The smallest absolute Gasteiger partial charge is 0.323 e. The first kappa shape index (κ1) is 14.3. The second-order valence-corrected chi connectivity index (χ2v) is 5.40. The molecule has 0 heterocycles. The minimum atomic E-state index is -3.82. The molecule has 2 atom stereocenters. The molecule has 0 aliphatic rings. The Hall–Kier alpha value is -0.660. The van der Waals surface area contributed by atoms with Crippen molar-refractivity contribution in [3.05, 3.63) is 0 Å². The molecule has 0 spiro atoms. The fraction of sp³-hybridized carbons (Fsp3) is 0.875. The summed E-state index contributed by atoms with van der Waals surface area (Å²) in [6.07, 6.45) is 1.38. The maximum atomic E-state index is 11.5. The van der Waals surface area contributed by atoms with Gasteiger partial charge >= 0.3 is 5.97 Å². The fourth-order valence-corrected chi connectivity index (χ4v) is 2.19. The normalized spacial score (nSPS) is 15.9. The first-order chi connectivity index (χ1) is 6.85. The molecular weight excluding hydrogens is 220 g/mol. The molecule has 15 heavy (non-hydrogen) atoms. The summed E-state index contributed by atoms with van der Waals surface area (Å²) in [5, 5.41) is 7.13. The highest BCUT2D eigenvalue weighted by Gasteiger charge is 2.29. The Morgan fingerprint density at radius 2 is 2.07 bits per heavy atom. The van der Waals surface area contributed by atoms with Crippen molar-refractivity contribution in [3.63, 3.8) is 0 Å². The minimum Gasteiger partial charge on any atom is -0.480 e. The molecule has 0 aromatic carbocycles. The Bertz CT molecular complexity index is 302. The Balaban J connectivity index is 4.55. The standard InChI is InChI=1S/C8H18N2O4S/c1-3-4-7(5-9)10-15(13,14)6(2)8(11)12/h6-7,10H,3-5,9H2,1-2H3,(H,11,12). The molecule has 0 saturated carbocycles. The third-order valence-corrected chi connectivity index (χ3v) is 3.86. The SMILES string of the molecule is CCCC(CN)NS(=O)(=O)C(C)C(=O)O. The molecule has 0 fully saturated rings. The molecule has 0 bridgehead atoms. The van der Waals surface area contributed by atoms with Crippen LogP contribution in [0.15, 0.2) is 0 Å². The predicted octanol–water partition coefficient (Wildman–Crippen LogP) is -0.494. The monoisotopic (exact) mass is 238 g/mol. The van der Waals surface area contributed by atoms with E-state index in [9.17, 15) is 13.2 Å².